The van der Waals surface area contributed by atoms with Crippen LogP contribution in [0.25, 0.3) is 11.6 Å². The summed E-state index contributed by atoms with van der Waals surface area (Å²) in [6, 6.07) is 20.9. The van der Waals surface area contributed by atoms with Crippen LogP contribution in [0.2, 0.25) is 10.0 Å². The molecule has 0 aliphatic heterocycles. The average Bonchev–Trinajstić information content (AvgIpc) is 2.72. The van der Waals surface area contributed by atoms with Crippen LogP contribution in [0.4, 0.5) is 0 Å². The van der Waals surface area contributed by atoms with Crippen molar-refractivity contribution in [2.45, 2.75) is 13.5 Å². The minimum absolute atomic E-state index is 0.375. The molecule has 0 amide bonds. The van der Waals surface area contributed by atoms with Gasteiger partial charge in [0.25, 0.3) is 0 Å². The van der Waals surface area contributed by atoms with Crippen molar-refractivity contribution in [1.29, 1.82) is 5.26 Å². The Balaban J connectivity index is 1.88. The Morgan fingerprint density at radius 2 is 1.72 bits per heavy atom. The lowest BCUT2D eigenvalue weighted by molar-refractivity contribution is 0.284. The highest BCUT2D eigenvalue weighted by Gasteiger charge is 2.13. The van der Waals surface area contributed by atoms with E-state index >= 15 is 0 Å². The van der Waals surface area contributed by atoms with E-state index in [4.69, 9.17) is 32.7 Å². The lowest BCUT2D eigenvalue weighted by Crippen LogP contribution is -1.99. The third-order valence-electron chi connectivity index (χ3n) is 4.34. The van der Waals surface area contributed by atoms with E-state index in [1.807, 2.05) is 31.2 Å². The summed E-state index contributed by atoms with van der Waals surface area (Å²) >= 11 is 12.4. The Hall–Kier alpha value is -2.93. The van der Waals surface area contributed by atoms with Crippen molar-refractivity contribution in [2.75, 3.05) is 7.11 Å². The molecule has 0 unspecified atom stereocenters. The maximum absolute atomic E-state index is 9.55. The highest BCUT2D eigenvalue weighted by Crippen LogP contribution is 2.38. The van der Waals surface area contributed by atoms with Crippen molar-refractivity contribution in [3.8, 4) is 17.6 Å². The van der Waals surface area contributed by atoms with Crippen LogP contribution in [0.5, 0.6) is 11.5 Å². The van der Waals surface area contributed by atoms with Crippen molar-refractivity contribution < 1.29 is 9.47 Å². The van der Waals surface area contributed by atoms with Crippen LogP contribution in [-0.2, 0) is 6.61 Å². The Bertz CT molecular complexity index is 1070. The van der Waals surface area contributed by atoms with Crippen LogP contribution in [0, 0.1) is 18.3 Å². The van der Waals surface area contributed by atoms with Gasteiger partial charge < -0.3 is 9.47 Å². The number of allylic oxidation sites excluding steroid dienone is 1. The lowest BCUT2D eigenvalue weighted by atomic mass is 10.0. The molecule has 0 aliphatic rings. The zero-order chi connectivity index (χ0) is 20.8. The molecular formula is C24H19Cl2NO2. The van der Waals surface area contributed by atoms with Gasteiger partial charge in [-0.3, -0.25) is 0 Å². The van der Waals surface area contributed by atoms with Gasteiger partial charge in [-0.25, -0.2) is 0 Å². The summed E-state index contributed by atoms with van der Waals surface area (Å²) < 4.78 is 11.4. The molecule has 146 valence electrons. The predicted molar refractivity (Wildman–Crippen MR) is 118 cm³/mol. The van der Waals surface area contributed by atoms with Gasteiger partial charge in [0.2, 0.25) is 0 Å². The maximum atomic E-state index is 9.55. The topological polar surface area (TPSA) is 42.2 Å². The van der Waals surface area contributed by atoms with Gasteiger partial charge in [-0.15, -0.1) is 0 Å². The largest absolute Gasteiger partial charge is 0.493 e. The number of hydrogen-bond donors (Lipinski definition) is 0. The van der Waals surface area contributed by atoms with Gasteiger partial charge in [0.1, 0.15) is 6.61 Å². The van der Waals surface area contributed by atoms with Gasteiger partial charge >= 0.3 is 0 Å². The van der Waals surface area contributed by atoms with Crippen molar-refractivity contribution in [3.63, 3.8) is 0 Å². The van der Waals surface area contributed by atoms with E-state index in [0.717, 1.165) is 16.7 Å². The lowest BCUT2D eigenvalue weighted by Gasteiger charge is -2.14. The number of benzene rings is 3. The summed E-state index contributed by atoms with van der Waals surface area (Å²) in [6.45, 7) is 2.41. The van der Waals surface area contributed by atoms with E-state index in [9.17, 15) is 5.26 Å². The van der Waals surface area contributed by atoms with E-state index < -0.39 is 0 Å². The molecule has 0 radical (unpaired) electrons. The molecule has 3 aromatic carbocycles. The fourth-order valence-electron chi connectivity index (χ4n) is 2.78. The molecule has 0 heterocycles. The molecule has 0 atom stereocenters. The molecule has 0 bridgehead atoms. The van der Waals surface area contributed by atoms with Crippen molar-refractivity contribution in [2.24, 2.45) is 0 Å². The number of nitriles is 1. The molecule has 3 rings (SSSR count). The number of aryl methyl sites for hydroxylation is 1. The molecule has 5 heteroatoms. The molecule has 3 nitrogen and oxygen atoms in total. The fourth-order valence-corrected chi connectivity index (χ4v) is 3.18. The molecule has 0 fully saturated rings. The van der Waals surface area contributed by atoms with Crippen LogP contribution in [0.1, 0.15) is 22.3 Å². The minimum atomic E-state index is 0.375. The number of rotatable bonds is 6. The monoisotopic (exact) mass is 423 g/mol. The van der Waals surface area contributed by atoms with Crippen LogP contribution in [0.3, 0.4) is 0 Å². The van der Waals surface area contributed by atoms with Gasteiger partial charge in [0, 0.05) is 5.02 Å². The van der Waals surface area contributed by atoms with Crippen LogP contribution in [0.15, 0.2) is 60.7 Å². The second kappa shape index (κ2) is 9.52. The summed E-state index contributed by atoms with van der Waals surface area (Å²) in [7, 11) is 1.56. The summed E-state index contributed by atoms with van der Waals surface area (Å²) in [5.41, 5.74) is 4.22. The second-order valence-electron chi connectivity index (χ2n) is 6.49. The van der Waals surface area contributed by atoms with E-state index in [2.05, 4.69) is 6.07 Å². The third kappa shape index (κ3) is 5.32. The molecule has 29 heavy (non-hydrogen) atoms. The molecule has 0 N–H and O–H groups in total. The van der Waals surface area contributed by atoms with Gasteiger partial charge in [-0.2, -0.15) is 5.26 Å². The van der Waals surface area contributed by atoms with Gasteiger partial charge in [0.15, 0.2) is 11.5 Å². The first-order chi connectivity index (χ1) is 14.0. The third-order valence-corrected chi connectivity index (χ3v) is 4.87. The number of methoxy groups -OCH3 is 1. The zero-order valence-corrected chi connectivity index (χ0v) is 17.6. The molecule has 0 aromatic heterocycles. The van der Waals surface area contributed by atoms with E-state index in [1.165, 1.54) is 5.56 Å². The molecular weight excluding hydrogens is 405 g/mol. The smallest absolute Gasteiger partial charge is 0.180 e. The average molecular weight is 424 g/mol. The van der Waals surface area contributed by atoms with Crippen molar-refractivity contribution in [1.82, 2.24) is 0 Å². The Morgan fingerprint density at radius 1 is 1.03 bits per heavy atom. The minimum Gasteiger partial charge on any atom is -0.493 e. The van der Waals surface area contributed by atoms with Crippen LogP contribution in [-0.4, -0.2) is 7.11 Å². The Kier molecular flexibility index (Phi) is 6.82. The van der Waals surface area contributed by atoms with E-state index in [-0.39, 0.29) is 0 Å². The number of nitrogens with zero attached hydrogens (tertiary/aromatic N) is 1. The molecule has 3 aromatic rings. The van der Waals surface area contributed by atoms with E-state index in [0.29, 0.717) is 33.7 Å². The summed E-state index contributed by atoms with van der Waals surface area (Å²) in [5, 5.41) is 10.6. The number of halogens is 2. The first-order valence-electron chi connectivity index (χ1n) is 8.94. The standard InChI is InChI=1S/C24H19Cl2NO2/c1-16-3-5-17(6-4-16)15-29-24-22(26)12-18(13-23(24)28-2)11-20(14-27)19-7-9-21(25)10-8-19/h3-13H,15H2,1-2H3/b20-11+. The predicted octanol–water partition coefficient (Wildman–Crippen LogP) is 6.95. The van der Waals surface area contributed by atoms with Crippen LogP contribution >= 0.6 is 23.2 Å². The first kappa shape index (κ1) is 20.8. The molecule has 0 saturated carbocycles. The first-order valence-corrected chi connectivity index (χ1v) is 9.69. The number of hydrogen-bond acceptors (Lipinski definition) is 3. The maximum Gasteiger partial charge on any atom is 0.180 e. The Morgan fingerprint density at radius 3 is 2.34 bits per heavy atom. The molecule has 0 saturated heterocycles. The van der Waals surface area contributed by atoms with Crippen LogP contribution < -0.4 is 9.47 Å². The molecule has 0 spiro atoms. The highest BCUT2D eigenvalue weighted by molar-refractivity contribution is 6.32. The van der Waals surface area contributed by atoms with Crippen molar-refractivity contribution >= 4 is 34.9 Å². The SMILES string of the molecule is COc1cc(/C=C(\C#N)c2ccc(Cl)cc2)cc(Cl)c1OCc1ccc(C)cc1. The Labute approximate surface area is 180 Å². The normalized spacial score (nSPS) is 11.1. The summed E-state index contributed by atoms with van der Waals surface area (Å²) in [5.74, 6) is 0.973. The summed E-state index contributed by atoms with van der Waals surface area (Å²) in [6.07, 6.45) is 1.75. The van der Waals surface area contributed by atoms with Crippen molar-refractivity contribution in [3.05, 3.63) is 93.0 Å². The summed E-state index contributed by atoms with van der Waals surface area (Å²) in [4.78, 5) is 0. The van der Waals surface area contributed by atoms with E-state index in [1.54, 1.807) is 49.6 Å². The van der Waals surface area contributed by atoms with Gasteiger partial charge in [-0.05, 0) is 54.0 Å². The number of ether oxygens (including phenoxy) is 2. The molecule has 0 aliphatic carbocycles. The zero-order valence-electron chi connectivity index (χ0n) is 16.1. The quantitative estimate of drug-likeness (QED) is 0.318. The van der Waals surface area contributed by atoms with Gasteiger partial charge in [0.05, 0.1) is 23.8 Å². The second-order valence-corrected chi connectivity index (χ2v) is 7.33. The highest BCUT2D eigenvalue weighted by atomic mass is 35.5. The fraction of sp³-hybridized carbons (Fsp3) is 0.125. The van der Waals surface area contributed by atoms with Gasteiger partial charge in [-0.1, -0.05) is 65.2 Å².